The summed E-state index contributed by atoms with van der Waals surface area (Å²) in [6, 6.07) is 11.9. The predicted octanol–water partition coefficient (Wildman–Crippen LogP) is 4.24. The summed E-state index contributed by atoms with van der Waals surface area (Å²) < 4.78 is 53.1. The minimum atomic E-state index is -4.37. The number of halogens is 4. The zero-order valence-electron chi connectivity index (χ0n) is 16.8. The summed E-state index contributed by atoms with van der Waals surface area (Å²) in [5.74, 6) is 0.397. The maximum Gasteiger partial charge on any atom is 0.416 e. The van der Waals surface area contributed by atoms with Gasteiger partial charge in [0.15, 0.2) is 0 Å². The third kappa shape index (κ3) is 4.98. The Morgan fingerprint density at radius 3 is 2.45 bits per heavy atom. The van der Waals surface area contributed by atoms with Crippen molar-refractivity contribution < 1.29 is 22.4 Å². The number of carbonyl (C=O) groups is 1. The first-order valence-electron chi connectivity index (χ1n) is 10.1. The lowest BCUT2D eigenvalue weighted by Crippen LogP contribution is -2.50. The van der Waals surface area contributed by atoms with Crippen LogP contribution >= 0.6 is 11.8 Å². The van der Waals surface area contributed by atoms with Gasteiger partial charge in [-0.15, -0.1) is 11.8 Å². The highest BCUT2D eigenvalue weighted by molar-refractivity contribution is 7.99. The van der Waals surface area contributed by atoms with E-state index in [1.165, 1.54) is 18.2 Å². The van der Waals surface area contributed by atoms with Crippen molar-refractivity contribution in [3.63, 3.8) is 0 Å². The van der Waals surface area contributed by atoms with E-state index in [4.69, 9.17) is 0 Å². The third-order valence-electron chi connectivity index (χ3n) is 5.65. The van der Waals surface area contributed by atoms with Crippen molar-refractivity contribution in [1.82, 2.24) is 9.80 Å². The number of anilines is 1. The molecule has 2 heterocycles. The fourth-order valence-electron chi connectivity index (χ4n) is 3.98. The van der Waals surface area contributed by atoms with Crippen LogP contribution < -0.4 is 4.90 Å². The Morgan fingerprint density at radius 2 is 1.74 bits per heavy atom. The van der Waals surface area contributed by atoms with E-state index in [1.807, 2.05) is 9.80 Å². The van der Waals surface area contributed by atoms with Crippen LogP contribution in [0.3, 0.4) is 0 Å². The maximum atomic E-state index is 14.2. The van der Waals surface area contributed by atoms with E-state index in [2.05, 4.69) is 0 Å². The van der Waals surface area contributed by atoms with Crippen LogP contribution in [0.4, 0.5) is 23.2 Å². The molecular formula is C22H23F4N3OS. The largest absolute Gasteiger partial charge is 0.416 e. The second kappa shape index (κ2) is 9.08. The molecule has 2 aromatic carbocycles. The molecule has 2 aliphatic heterocycles. The van der Waals surface area contributed by atoms with Gasteiger partial charge in [-0.2, -0.15) is 13.2 Å². The summed E-state index contributed by atoms with van der Waals surface area (Å²) in [7, 11) is 0. The molecule has 0 unspecified atom stereocenters. The molecule has 0 saturated carbocycles. The van der Waals surface area contributed by atoms with E-state index >= 15 is 0 Å². The summed E-state index contributed by atoms with van der Waals surface area (Å²) in [5.41, 5.74) is 0.400. The molecule has 0 spiro atoms. The van der Waals surface area contributed by atoms with E-state index in [0.29, 0.717) is 44.0 Å². The summed E-state index contributed by atoms with van der Waals surface area (Å²) in [6.45, 7) is 3.04. The minimum absolute atomic E-state index is 0.0502. The third-order valence-corrected chi connectivity index (χ3v) is 6.89. The van der Waals surface area contributed by atoms with E-state index in [1.54, 1.807) is 40.9 Å². The molecule has 1 amide bonds. The van der Waals surface area contributed by atoms with Crippen molar-refractivity contribution in [2.45, 2.75) is 11.6 Å². The molecule has 0 bridgehead atoms. The van der Waals surface area contributed by atoms with Crippen LogP contribution in [0.2, 0.25) is 0 Å². The molecule has 4 rings (SSSR count). The Labute approximate surface area is 182 Å². The molecule has 31 heavy (non-hydrogen) atoms. The fourth-order valence-corrected chi connectivity index (χ4v) is 5.28. The number of hydrogen-bond acceptors (Lipinski definition) is 4. The first kappa shape index (κ1) is 22.0. The number of rotatable bonds is 4. The van der Waals surface area contributed by atoms with E-state index in [9.17, 15) is 22.4 Å². The summed E-state index contributed by atoms with van der Waals surface area (Å²) in [6.07, 6.45) is -4.37. The molecular weight excluding hydrogens is 430 g/mol. The molecule has 9 heteroatoms. The number of benzene rings is 2. The van der Waals surface area contributed by atoms with Crippen molar-refractivity contribution in [2.24, 2.45) is 0 Å². The Hall–Kier alpha value is -2.26. The molecule has 2 aliphatic rings. The van der Waals surface area contributed by atoms with E-state index in [0.717, 1.165) is 11.8 Å². The van der Waals surface area contributed by atoms with Gasteiger partial charge in [0.05, 0.1) is 12.1 Å². The van der Waals surface area contributed by atoms with Crippen LogP contribution in [0.5, 0.6) is 0 Å². The molecule has 0 aromatic heterocycles. The van der Waals surface area contributed by atoms with Gasteiger partial charge in [0.1, 0.15) is 11.2 Å². The normalized spacial score (nSPS) is 20.3. The topological polar surface area (TPSA) is 26.8 Å². The summed E-state index contributed by atoms with van der Waals surface area (Å²) in [5, 5.41) is -0.319. The maximum absolute atomic E-state index is 14.2. The lowest BCUT2D eigenvalue weighted by Gasteiger charge is -2.37. The smallest absolute Gasteiger partial charge is 0.369 e. The van der Waals surface area contributed by atoms with Gasteiger partial charge in [-0.1, -0.05) is 24.3 Å². The van der Waals surface area contributed by atoms with Crippen molar-refractivity contribution >= 4 is 23.4 Å². The molecule has 166 valence electrons. The Morgan fingerprint density at radius 1 is 1.00 bits per heavy atom. The average molecular weight is 454 g/mol. The highest BCUT2D eigenvalue weighted by atomic mass is 32.2. The van der Waals surface area contributed by atoms with Gasteiger partial charge in [-0.05, 0) is 24.3 Å². The second-order valence-electron chi connectivity index (χ2n) is 7.64. The van der Waals surface area contributed by atoms with Crippen LogP contribution in [0.25, 0.3) is 0 Å². The van der Waals surface area contributed by atoms with Crippen molar-refractivity contribution in [3.05, 3.63) is 65.5 Å². The van der Waals surface area contributed by atoms with Gasteiger partial charge in [0, 0.05) is 49.7 Å². The molecule has 0 aliphatic carbocycles. The predicted molar refractivity (Wildman–Crippen MR) is 113 cm³/mol. The highest BCUT2D eigenvalue weighted by Crippen LogP contribution is 2.39. The zero-order chi connectivity index (χ0) is 22.0. The lowest BCUT2D eigenvalue weighted by atomic mass is 10.1. The number of nitrogens with zero attached hydrogens (tertiary/aromatic N) is 3. The van der Waals surface area contributed by atoms with Crippen molar-refractivity contribution in [3.8, 4) is 0 Å². The Balaban J connectivity index is 1.35. The monoisotopic (exact) mass is 453 g/mol. The quantitative estimate of drug-likeness (QED) is 0.647. The Bertz CT molecular complexity index is 931. The fraction of sp³-hybridized carbons (Fsp3) is 0.409. The van der Waals surface area contributed by atoms with E-state index in [-0.39, 0.29) is 23.6 Å². The van der Waals surface area contributed by atoms with Crippen LogP contribution in [-0.4, -0.2) is 60.7 Å². The number of hydrogen-bond donors (Lipinski definition) is 0. The average Bonchev–Trinajstić information content (AvgIpc) is 3.24. The van der Waals surface area contributed by atoms with Crippen LogP contribution in [-0.2, 0) is 11.0 Å². The van der Waals surface area contributed by atoms with E-state index < -0.39 is 11.7 Å². The molecule has 0 N–H and O–H groups in total. The van der Waals surface area contributed by atoms with Gasteiger partial charge in [-0.25, -0.2) is 4.39 Å². The highest BCUT2D eigenvalue weighted by Gasteiger charge is 2.34. The molecule has 2 fully saturated rings. The summed E-state index contributed by atoms with van der Waals surface area (Å²) >= 11 is 1.56. The standard InChI is InChI=1S/C22H23F4N3OS/c23-19-7-2-1-6-18(19)21-29(12-13-31-21)20(30)15-27-8-10-28(11-9-27)17-5-3-4-16(14-17)22(24,25)26/h1-7,14,21H,8-13,15H2/t21-/m1/s1. The van der Waals surface area contributed by atoms with Crippen molar-refractivity contribution in [1.29, 1.82) is 0 Å². The van der Waals surface area contributed by atoms with Crippen LogP contribution in [0.1, 0.15) is 16.5 Å². The second-order valence-corrected chi connectivity index (χ2v) is 8.83. The number of amides is 1. The zero-order valence-corrected chi connectivity index (χ0v) is 17.6. The molecule has 4 nitrogen and oxygen atoms in total. The minimum Gasteiger partial charge on any atom is -0.369 e. The van der Waals surface area contributed by atoms with Gasteiger partial charge >= 0.3 is 6.18 Å². The van der Waals surface area contributed by atoms with Gasteiger partial charge in [-0.3, -0.25) is 9.69 Å². The van der Waals surface area contributed by atoms with Gasteiger partial charge < -0.3 is 9.80 Å². The first-order valence-corrected chi connectivity index (χ1v) is 11.2. The first-order chi connectivity index (χ1) is 14.8. The molecule has 2 aromatic rings. The summed E-state index contributed by atoms with van der Waals surface area (Å²) in [4.78, 5) is 18.6. The SMILES string of the molecule is O=C(CN1CCN(c2cccc(C(F)(F)F)c2)CC1)N1CCS[C@@H]1c1ccccc1F. The molecule has 0 radical (unpaired) electrons. The number of alkyl halides is 3. The Kier molecular flexibility index (Phi) is 6.43. The van der Waals surface area contributed by atoms with Crippen molar-refractivity contribution in [2.75, 3.05) is 49.9 Å². The van der Waals surface area contributed by atoms with Crippen LogP contribution in [0.15, 0.2) is 48.5 Å². The van der Waals surface area contributed by atoms with Crippen LogP contribution in [0, 0.1) is 5.82 Å². The number of piperazine rings is 1. The molecule has 1 atom stereocenters. The molecule has 2 saturated heterocycles. The van der Waals surface area contributed by atoms with Gasteiger partial charge in [0.25, 0.3) is 0 Å². The number of thioether (sulfide) groups is 1. The van der Waals surface area contributed by atoms with Gasteiger partial charge in [0.2, 0.25) is 5.91 Å². The number of carbonyl (C=O) groups excluding carboxylic acids is 1. The lowest BCUT2D eigenvalue weighted by molar-refractivity contribution is -0.137.